The van der Waals surface area contributed by atoms with Crippen molar-refractivity contribution in [1.29, 1.82) is 0 Å². The molecular formula is C21H20N4O4. The van der Waals surface area contributed by atoms with Crippen molar-refractivity contribution in [3.63, 3.8) is 0 Å². The van der Waals surface area contributed by atoms with Gasteiger partial charge < -0.3 is 10.2 Å². The first-order valence-corrected chi connectivity index (χ1v) is 9.11. The Hall–Kier alpha value is -3.94. The summed E-state index contributed by atoms with van der Waals surface area (Å²) in [4.78, 5) is 22.9. The molecule has 29 heavy (non-hydrogen) atoms. The van der Waals surface area contributed by atoms with Crippen LogP contribution < -0.4 is 10.2 Å². The third-order valence-electron chi connectivity index (χ3n) is 4.34. The number of rotatable bonds is 8. The van der Waals surface area contributed by atoms with Gasteiger partial charge in [0.05, 0.1) is 9.85 Å². The molecule has 0 saturated carbocycles. The van der Waals surface area contributed by atoms with E-state index < -0.39 is 9.85 Å². The van der Waals surface area contributed by atoms with E-state index >= 15 is 0 Å². The van der Waals surface area contributed by atoms with Crippen LogP contribution in [0.5, 0.6) is 0 Å². The summed E-state index contributed by atoms with van der Waals surface area (Å²) in [6, 6.07) is 20.5. The van der Waals surface area contributed by atoms with E-state index in [1.807, 2.05) is 24.3 Å². The minimum absolute atomic E-state index is 0.0385. The highest BCUT2D eigenvalue weighted by Gasteiger charge is 2.12. The zero-order valence-electron chi connectivity index (χ0n) is 15.8. The summed E-state index contributed by atoms with van der Waals surface area (Å²) in [5.74, 6) is 0. The third kappa shape index (κ3) is 4.86. The number of non-ortho nitro benzene ring substituents is 2. The van der Waals surface area contributed by atoms with Gasteiger partial charge in [-0.15, -0.1) is 0 Å². The number of nitrogens with one attached hydrogen (secondary N) is 1. The largest absolute Gasteiger partial charge is 0.355 e. The number of nitro benzene ring substituents is 2. The number of hydrogen-bond donors (Lipinski definition) is 1. The summed E-state index contributed by atoms with van der Waals surface area (Å²) < 4.78 is 0. The van der Waals surface area contributed by atoms with E-state index in [2.05, 4.69) is 17.1 Å². The first kappa shape index (κ1) is 19.8. The topological polar surface area (TPSA) is 102 Å². The van der Waals surface area contributed by atoms with E-state index in [9.17, 15) is 20.2 Å². The summed E-state index contributed by atoms with van der Waals surface area (Å²) in [6.45, 7) is 2.82. The van der Waals surface area contributed by atoms with Gasteiger partial charge in [0, 0.05) is 53.6 Å². The number of nitro groups is 2. The summed E-state index contributed by atoms with van der Waals surface area (Å²) in [5, 5.41) is 24.9. The van der Waals surface area contributed by atoms with Crippen molar-refractivity contribution in [1.82, 2.24) is 0 Å². The number of benzene rings is 3. The molecule has 3 aromatic rings. The molecule has 0 heterocycles. The van der Waals surface area contributed by atoms with Gasteiger partial charge in [-0.3, -0.25) is 20.2 Å². The Morgan fingerprint density at radius 1 is 0.793 bits per heavy atom. The second-order valence-corrected chi connectivity index (χ2v) is 6.40. The molecule has 3 aromatic carbocycles. The van der Waals surface area contributed by atoms with E-state index in [4.69, 9.17) is 0 Å². The van der Waals surface area contributed by atoms with E-state index in [0.29, 0.717) is 0 Å². The highest BCUT2D eigenvalue weighted by molar-refractivity contribution is 5.70. The van der Waals surface area contributed by atoms with Crippen molar-refractivity contribution in [2.75, 3.05) is 16.8 Å². The van der Waals surface area contributed by atoms with E-state index in [1.165, 1.54) is 24.3 Å². The minimum atomic E-state index is -0.433. The van der Waals surface area contributed by atoms with Crippen molar-refractivity contribution < 1.29 is 9.85 Å². The van der Waals surface area contributed by atoms with Crippen molar-refractivity contribution in [3.05, 3.63) is 93.0 Å². The van der Waals surface area contributed by atoms with Gasteiger partial charge in [0.1, 0.15) is 0 Å². The minimum Gasteiger partial charge on any atom is -0.355 e. The highest BCUT2D eigenvalue weighted by Crippen LogP contribution is 2.30. The van der Waals surface area contributed by atoms with Gasteiger partial charge in [0.2, 0.25) is 0 Å². The molecule has 0 aliphatic rings. The average Bonchev–Trinajstić information content (AvgIpc) is 2.72. The van der Waals surface area contributed by atoms with Gasteiger partial charge in [0.25, 0.3) is 11.4 Å². The normalized spacial score (nSPS) is 10.4. The number of nitrogens with zero attached hydrogens (tertiary/aromatic N) is 3. The lowest BCUT2D eigenvalue weighted by Crippen LogP contribution is -2.17. The van der Waals surface area contributed by atoms with Gasteiger partial charge in [0.15, 0.2) is 0 Å². The highest BCUT2D eigenvalue weighted by atomic mass is 16.6. The molecule has 0 fully saturated rings. The van der Waals surface area contributed by atoms with E-state index in [0.717, 1.165) is 35.7 Å². The molecular weight excluding hydrogens is 372 g/mol. The lowest BCUT2D eigenvalue weighted by Gasteiger charge is -2.25. The number of anilines is 4. The first-order valence-electron chi connectivity index (χ1n) is 9.11. The molecule has 148 valence electrons. The van der Waals surface area contributed by atoms with Crippen LogP contribution in [0.25, 0.3) is 0 Å². The summed E-state index contributed by atoms with van der Waals surface area (Å²) in [5.41, 5.74) is 3.47. The van der Waals surface area contributed by atoms with E-state index in [1.54, 1.807) is 24.3 Å². The number of hydrogen-bond acceptors (Lipinski definition) is 6. The van der Waals surface area contributed by atoms with Crippen LogP contribution >= 0.6 is 0 Å². The Morgan fingerprint density at radius 3 is 1.93 bits per heavy atom. The molecule has 1 N–H and O–H groups in total. The predicted octanol–water partition coefficient (Wildman–Crippen LogP) is 5.79. The molecule has 8 heteroatoms. The smallest absolute Gasteiger partial charge is 0.269 e. The van der Waals surface area contributed by atoms with Crippen molar-refractivity contribution in [2.24, 2.45) is 0 Å². The standard InChI is InChI=1S/C21H20N4O4/c1-2-14-23(18-10-12-20(13-11-18)25(28)29)21-5-3-4-17(15-21)22-16-6-8-19(9-7-16)24(26)27/h3-13,15,22H,2,14H2,1H3. The van der Waals surface area contributed by atoms with Crippen LogP contribution in [0.2, 0.25) is 0 Å². The molecule has 0 aromatic heterocycles. The van der Waals surface area contributed by atoms with Crippen molar-refractivity contribution >= 4 is 34.1 Å². The molecule has 0 saturated heterocycles. The molecule has 0 aliphatic heterocycles. The fraction of sp³-hybridized carbons (Fsp3) is 0.143. The Bertz CT molecular complexity index is 1000. The van der Waals surface area contributed by atoms with Crippen molar-refractivity contribution in [3.8, 4) is 0 Å². The van der Waals surface area contributed by atoms with Gasteiger partial charge >= 0.3 is 0 Å². The first-order chi connectivity index (χ1) is 14.0. The molecule has 3 rings (SSSR count). The van der Waals surface area contributed by atoms with Gasteiger partial charge in [-0.25, -0.2) is 0 Å². The maximum Gasteiger partial charge on any atom is 0.269 e. The van der Waals surface area contributed by atoms with Gasteiger partial charge in [-0.05, 0) is 48.9 Å². The lowest BCUT2D eigenvalue weighted by atomic mass is 10.2. The molecule has 0 radical (unpaired) electrons. The van der Waals surface area contributed by atoms with Crippen LogP contribution in [0.4, 0.5) is 34.1 Å². The molecule has 0 unspecified atom stereocenters. The quantitative estimate of drug-likeness (QED) is 0.384. The van der Waals surface area contributed by atoms with E-state index in [-0.39, 0.29) is 11.4 Å². The van der Waals surface area contributed by atoms with Crippen LogP contribution in [0.3, 0.4) is 0 Å². The maximum atomic E-state index is 10.9. The molecule has 0 spiro atoms. The van der Waals surface area contributed by atoms with Crippen LogP contribution in [0.1, 0.15) is 13.3 Å². The zero-order valence-corrected chi connectivity index (χ0v) is 15.8. The van der Waals surface area contributed by atoms with Crippen LogP contribution in [0.15, 0.2) is 72.8 Å². The Kier molecular flexibility index (Phi) is 6.03. The summed E-state index contributed by atoms with van der Waals surface area (Å²) in [6.07, 6.45) is 0.900. The third-order valence-corrected chi connectivity index (χ3v) is 4.34. The Balaban J connectivity index is 1.84. The lowest BCUT2D eigenvalue weighted by molar-refractivity contribution is -0.385. The fourth-order valence-corrected chi connectivity index (χ4v) is 2.97. The second-order valence-electron chi connectivity index (χ2n) is 6.40. The van der Waals surface area contributed by atoms with Crippen LogP contribution in [0, 0.1) is 20.2 Å². The summed E-state index contributed by atoms with van der Waals surface area (Å²) >= 11 is 0. The molecule has 0 bridgehead atoms. The maximum absolute atomic E-state index is 10.9. The van der Waals surface area contributed by atoms with Crippen LogP contribution in [-0.4, -0.2) is 16.4 Å². The zero-order chi connectivity index (χ0) is 20.8. The Labute approximate surface area is 167 Å². The second kappa shape index (κ2) is 8.83. The monoisotopic (exact) mass is 392 g/mol. The molecule has 0 amide bonds. The van der Waals surface area contributed by atoms with Gasteiger partial charge in [-0.1, -0.05) is 13.0 Å². The molecule has 8 nitrogen and oxygen atoms in total. The molecule has 0 atom stereocenters. The predicted molar refractivity (Wildman–Crippen MR) is 113 cm³/mol. The SMILES string of the molecule is CCCN(c1ccc([N+](=O)[O-])cc1)c1cccc(Nc2ccc([N+](=O)[O-])cc2)c1. The molecule has 0 aliphatic carbocycles. The van der Waals surface area contributed by atoms with Gasteiger partial charge in [-0.2, -0.15) is 0 Å². The Morgan fingerprint density at radius 2 is 1.38 bits per heavy atom. The fourth-order valence-electron chi connectivity index (χ4n) is 2.97. The average molecular weight is 392 g/mol. The van der Waals surface area contributed by atoms with Crippen LogP contribution in [-0.2, 0) is 0 Å². The summed E-state index contributed by atoms with van der Waals surface area (Å²) in [7, 11) is 0. The van der Waals surface area contributed by atoms with Crippen molar-refractivity contribution in [2.45, 2.75) is 13.3 Å².